The highest BCUT2D eigenvalue weighted by Crippen LogP contribution is 2.22. The van der Waals surface area contributed by atoms with Gasteiger partial charge in [0.25, 0.3) is 0 Å². The molecule has 0 fully saturated rings. The van der Waals surface area contributed by atoms with Gasteiger partial charge in [0.2, 0.25) is 0 Å². The molecule has 0 N–H and O–H groups in total. The van der Waals surface area contributed by atoms with Gasteiger partial charge >= 0.3 is 11.9 Å². The van der Waals surface area contributed by atoms with Crippen molar-refractivity contribution in [1.82, 2.24) is 0 Å². The van der Waals surface area contributed by atoms with Crippen molar-refractivity contribution in [3.8, 4) is 0 Å². The van der Waals surface area contributed by atoms with Crippen LogP contribution in [0.5, 0.6) is 0 Å². The molecule has 0 saturated carbocycles. The second-order valence-electron chi connectivity index (χ2n) is 4.44. The molecule has 2 aromatic carbocycles. The highest BCUT2D eigenvalue weighted by molar-refractivity contribution is 5.96. The summed E-state index contributed by atoms with van der Waals surface area (Å²) in [6.45, 7) is 0. The maximum Gasteiger partial charge on any atom is 0.320 e. The molecule has 0 bridgehead atoms. The van der Waals surface area contributed by atoms with E-state index in [-0.39, 0.29) is 6.42 Å². The first-order valence-electron chi connectivity index (χ1n) is 6.29. The van der Waals surface area contributed by atoms with E-state index in [4.69, 9.17) is 0 Å². The second-order valence-corrected chi connectivity index (χ2v) is 4.44. The van der Waals surface area contributed by atoms with Crippen LogP contribution in [0.2, 0.25) is 0 Å². The molecule has 4 nitrogen and oxygen atoms in total. The van der Waals surface area contributed by atoms with E-state index >= 15 is 0 Å². The molecular weight excluding hydrogens is 256 g/mol. The van der Waals surface area contributed by atoms with Gasteiger partial charge in [-0.25, -0.2) is 0 Å². The van der Waals surface area contributed by atoms with Crippen LogP contribution in [0.25, 0.3) is 10.8 Å². The Kier molecular flexibility index (Phi) is 4.35. The summed E-state index contributed by atoms with van der Waals surface area (Å²) in [5.74, 6) is -2.09. The average Bonchev–Trinajstić information content (AvgIpc) is 2.51. The fourth-order valence-corrected chi connectivity index (χ4v) is 2.24. The highest BCUT2D eigenvalue weighted by atomic mass is 16.5. The molecule has 20 heavy (non-hydrogen) atoms. The quantitative estimate of drug-likeness (QED) is 0.633. The summed E-state index contributed by atoms with van der Waals surface area (Å²) < 4.78 is 9.36. The molecule has 0 heterocycles. The first-order valence-corrected chi connectivity index (χ1v) is 6.29. The first kappa shape index (κ1) is 14.1. The minimum absolute atomic E-state index is 0.265. The van der Waals surface area contributed by atoms with Gasteiger partial charge in [0.15, 0.2) is 5.92 Å². The minimum Gasteiger partial charge on any atom is -0.468 e. The number of benzene rings is 2. The van der Waals surface area contributed by atoms with Gasteiger partial charge in [0.05, 0.1) is 14.2 Å². The lowest BCUT2D eigenvalue weighted by molar-refractivity contribution is -0.158. The van der Waals surface area contributed by atoms with Crippen molar-refractivity contribution in [2.75, 3.05) is 14.2 Å². The van der Waals surface area contributed by atoms with Crippen molar-refractivity contribution in [2.45, 2.75) is 6.42 Å². The van der Waals surface area contributed by atoms with Crippen LogP contribution in [-0.2, 0) is 25.5 Å². The number of hydrogen-bond donors (Lipinski definition) is 0. The topological polar surface area (TPSA) is 52.6 Å². The Hall–Kier alpha value is -2.36. The number of fused-ring (bicyclic) bond motifs is 1. The third kappa shape index (κ3) is 2.79. The fraction of sp³-hybridized carbons (Fsp3) is 0.250. The van der Waals surface area contributed by atoms with Crippen LogP contribution in [0.3, 0.4) is 0 Å². The number of carbonyl (C=O) groups is 2. The van der Waals surface area contributed by atoms with Crippen LogP contribution in [0.15, 0.2) is 42.5 Å². The van der Waals surface area contributed by atoms with Crippen LogP contribution in [-0.4, -0.2) is 26.2 Å². The molecule has 4 heteroatoms. The van der Waals surface area contributed by atoms with E-state index in [2.05, 4.69) is 9.47 Å². The van der Waals surface area contributed by atoms with Gasteiger partial charge in [-0.15, -0.1) is 0 Å². The fourth-order valence-electron chi connectivity index (χ4n) is 2.24. The van der Waals surface area contributed by atoms with Gasteiger partial charge in [0, 0.05) is 0 Å². The van der Waals surface area contributed by atoms with Crippen molar-refractivity contribution in [3.63, 3.8) is 0 Å². The number of hydrogen-bond acceptors (Lipinski definition) is 4. The molecule has 0 aliphatic carbocycles. The largest absolute Gasteiger partial charge is 0.468 e. The van der Waals surface area contributed by atoms with Gasteiger partial charge < -0.3 is 9.47 Å². The molecule has 2 aromatic rings. The average molecular weight is 272 g/mol. The van der Waals surface area contributed by atoms with E-state index in [1.807, 2.05) is 42.5 Å². The van der Waals surface area contributed by atoms with Gasteiger partial charge in [-0.05, 0) is 22.8 Å². The monoisotopic (exact) mass is 272 g/mol. The highest BCUT2D eigenvalue weighted by Gasteiger charge is 2.29. The van der Waals surface area contributed by atoms with Crippen molar-refractivity contribution >= 4 is 22.7 Å². The summed E-state index contributed by atoms with van der Waals surface area (Å²) in [5.41, 5.74) is 0.920. The zero-order valence-electron chi connectivity index (χ0n) is 11.5. The summed E-state index contributed by atoms with van der Waals surface area (Å²) >= 11 is 0. The Balaban J connectivity index is 2.38. The maximum absolute atomic E-state index is 11.7. The number of ether oxygens (including phenoxy) is 2. The molecule has 0 aromatic heterocycles. The third-order valence-corrected chi connectivity index (χ3v) is 3.28. The second kappa shape index (κ2) is 6.19. The standard InChI is InChI=1S/C16H16O4/c1-19-15(17)14(16(18)20-2)10-12-8-5-7-11-6-3-4-9-13(11)12/h3-9,14H,10H2,1-2H3. The zero-order valence-corrected chi connectivity index (χ0v) is 11.5. The maximum atomic E-state index is 11.7. The Labute approximate surface area is 117 Å². The van der Waals surface area contributed by atoms with Crippen LogP contribution in [0.1, 0.15) is 5.56 Å². The van der Waals surface area contributed by atoms with Crippen LogP contribution in [0, 0.1) is 5.92 Å². The molecule has 0 radical (unpaired) electrons. The Bertz CT molecular complexity index is 612. The van der Waals surface area contributed by atoms with E-state index in [9.17, 15) is 9.59 Å². The zero-order chi connectivity index (χ0) is 14.5. The lowest BCUT2D eigenvalue weighted by Gasteiger charge is -2.13. The lowest BCUT2D eigenvalue weighted by Crippen LogP contribution is -2.28. The van der Waals surface area contributed by atoms with Crippen molar-refractivity contribution < 1.29 is 19.1 Å². The Morgan fingerprint density at radius 2 is 1.55 bits per heavy atom. The normalized spacial score (nSPS) is 10.6. The van der Waals surface area contributed by atoms with E-state index in [1.165, 1.54) is 14.2 Å². The molecule has 0 unspecified atom stereocenters. The van der Waals surface area contributed by atoms with Gasteiger partial charge in [0.1, 0.15) is 0 Å². The number of carbonyl (C=O) groups excluding carboxylic acids is 2. The summed E-state index contributed by atoms with van der Waals surface area (Å²) in [7, 11) is 2.53. The summed E-state index contributed by atoms with van der Waals surface area (Å²) in [6, 6.07) is 13.6. The summed E-state index contributed by atoms with van der Waals surface area (Å²) in [6.07, 6.45) is 0.265. The predicted octanol–water partition coefficient (Wildman–Crippen LogP) is 2.34. The lowest BCUT2D eigenvalue weighted by atomic mass is 9.95. The third-order valence-electron chi connectivity index (χ3n) is 3.28. The van der Waals surface area contributed by atoms with E-state index in [1.54, 1.807) is 0 Å². The number of rotatable bonds is 4. The molecule has 0 aliphatic rings. The first-order chi connectivity index (χ1) is 9.67. The summed E-state index contributed by atoms with van der Waals surface area (Å²) in [4.78, 5) is 23.5. The molecule has 0 spiro atoms. The van der Waals surface area contributed by atoms with Gasteiger partial charge in [-0.3, -0.25) is 9.59 Å². The molecule has 104 valence electrons. The van der Waals surface area contributed by atoms with Crippen LogP contribution >= 0.6 is 0 Å². The Morgan fingerprint density at radius 1 is 0.950 bits per heavy atom. The molecule has 0 aliphatic heterocycles. The van der Waals surface area contributed by atoms with Crippen molar-refractivity contribution in [3.05, 3.63) is 48.0 Å². The van der Waals surface area contributed by atoms with Crippen molar-refractivity contribution in [1.29, 1.82) is 0 Å². The molecular formula is C16H16O4. The summed E-state index contributed by atoms with van der Waals surface area (Å²) in [5, 5.41) is 2.09. The molecule has 2 rings (SSSR count). The smallest absolute Gasteiger partial charge is 0.320 e. The SMILES string of the molecule is COC(=O)C(Cc1cccc2ccccc12)C(=O)OC. The molecule has 0 saturated heterocycles. The molecule has 0 amide bonds. The number of methoxy groups -OCH3 is 2. The van der Waals surface area contributed by atoms with E-state index < -0.39 is 17.9 Å². The van der Waals surface area contributed by atoms with Crippen LogP contribution < -0.4 is 0 Å². The van der Waals surface area contributed by atoms with Crippen molar-refractivity contribution in [2.24, 2.45) is 5.92 Å². The van der Waals surface area contributed by atoms with E-state index in [0.29, 0.717) is 0 Å². The van der Waals surface area contributed by atoms with E-state index in [0.717, 1.165) is 16.3 Å². The number of esters is 2. The van der Waals surface area contributed by atoms with Gasteiger partial charge in [-0.1, -0.05) is 42.5 Å². The minimum atomic E-state index is -0.934. The van der Waals surface area contributed by atoms with Gasteiger partial charge in [-0.2, -0.15) is 0 Å². The predicted molar refractivity (Wildman–Crippen MR) is 75.2 cm³/mol. The molecule has 0 atom stereocenters. The van der Waals surface area contributed by atoms with Crippen LogP contribution in [0.4, 0.5) is 0 Å². The Morgan fingerprint density at radius 3 is 2.20 bits per heavy atom.